The lowest BCUT2D eigenvalue weighted by Gasteiger charge is -2.29. The van der Waals surface area contributed by atoms with E-state index in [1.807, 2.05) is 67.5 Å². The first-order valence-corrected chi connectivity index (χ1v) is 25.4. The fraction of sp³-hybridized carbons (Fsp3) is 0.172. The molecule has 12 heteroatoms. The maximum Gasteiger partial charge on any atom is 0.586 e. The van der Waals surface area contributed by atoms with Crippen LogP contribution in [0.1, 0.15) is 44.5 Å². The monoisotopic (exact) mass is 978 g/mol. The Morgan fingerprint density at radius 3 is 0.871 bits per heavy atom. The molecule has 0 amide bonds. The molecule has 0 bridgehead atoms. The van der Waals surface area contributed by atoms with Crippen molar-refractivity contribution < 1.29 is 46.0 Å². The van der Waals surface area contributed by atoms with Crippen LogP contribution in [0.2, 0.25) is 0 Å². The Hall–Kier alpha value is -6.86. The molecule has 0 fully saturated rings. The van der Waals surface area contributed by atoms with Crippen LogP contribution in [-0.4, -0.2) is 12.6 Å². The second-order valence-corrected chi connectivity index (χ2v) is 22.4. The molecule has 0 aromatic heterocycles. The molecular weight excluding hydrogens is 931 g/mol. The van der Waals surface area contributed by atoms with Gasteiger partial charge in [0.05, 0.1) is 0 Å². The first kappa shape index (κ1) is 46.8. The van der Waals surface area contributed by atoms with Gasteiger partial charge in [0, 0.05) is 21.7 Å². The Morgan fingerprint density at radius 1 is 0.343 bits per heavy atom. The lowest BCUT2D eigenvalue weighted by Crippen LogP contribution is -2.29. The summed E-state index contributed by atoms with van der Waals surface area (Å²) in [6.45, 7) is 16.0. The fourth-order valence-electron chi connectivity index (χ4n) is 9.50. The average Bonchev–Trinajstić information content (AvgIpc) is 3.78. The van der Waals surface area contributed by atoms with Gasteiger partial charge < -0.3 is 28.4 Å². The molecule has 0 spiro atoms. The summed E-state index contributed by atoms with van der Waals surface area (Å²) in [5.41, 5.74) is 7.85. The van der Waals surface area contributed by atoms with E-state index >= 15 is 17.6 Å². The van der Waals surface area contributed by atoms with Crippen LogP contribution in [0.3, 0.4) is 0 Å². The molecule has 2 aliphatic heterocycles. The molecule has 354 valence electrons. The molecular formula is C58H48F4O6P2. The smallest absolute Gasteiger partial charge is 0.453 e. The van der Waals surface area contributed by atoms with E-state index in [-0.39, 0.29) is 22.6 Å². The Labute approximate surface area is 407 Å². The van der Waals surface area contributed by atoms with E-state index in [0.29, 0.717) is 22.1 Å². The maximum absolute atomic E-state index is 16.3. The van der Waals surface area contributed by atoms with E-state index in [2.05, 4.69) is 72.8 Å². The predicted octanol–water partition coefficient (Wildman–Crippen LogP) is 13.6. The molecule has 0 atom stereocenters. The summed E-state index contributed by atoms with van der Waals surface area (Å²) >= 11 is 0. The predicted molar refractivity (Wildman–Crippen MR) is 273 cm³/mol. The third kappa shape index (κ3) is 9.43. The van der Waals surface area contributed by atoms with Crippen molar-refractivity contribution in [2.45, 2.75) is 68.0 Å². The van der Waals surface area contributed by atoms with Crippen LogP contribution >= 0.6 is 15.8 Å². The van der Waals surface area contributed by atoms with Crippen LogP contribution < -0.4 is 60.2 Å². The van der Waals surface area contributed by atoms with E-state index in [1.165, 1.54) is 0 Å². The summed E-state index contributed by atoms with van der Waals surface area (Å²) in [5.74, 6) is -1.09. The Kier molecular flexibility index (Phi) is 12.1. The van der Waals surface area contributed by atoms with Crippen molar-refractivity contribution in [3.05, 3.63) is 190 Å². The van der Waals surface area contributed by atoms with Gasteiger partial charge in [-0.1, -0.05) is 154 Å². The van der Waals surface area contributed by atoms with Crippen molar-refractivity contribution in [1.82, 2.24) is 0 Å². The maximum atomic E-state index is 16.3. The number of fused-ring (bicyclic) bond motifs is 2. The lowest BCUT2D eigenvalue weighted by molar-refractivity contribution is -0.288. The van der Waals surface area contributed by atoms with Crippen molar-refractivity contribution in [1.29, 1.82) is 0 Å². The van der Waals surface area contributed by atoms with Gasteiger partial charge in [-0.15, -0.1) is 17.6 Å². The van der Waals surface area contributed by atoms with Gasteiger partial charge in [0.2, 0.25) is 11.5 Å². The number of hydrogen-bond acceptors (Lipinski definition) is 6. The molecule has 2 heterocycles. The number of para-hydroxylation sites is 2. The van der Waals surface area contributed by atoms with Crippen molar-refractivity contribution in [3.63, 3.8) is 0 Å². The summed E-state index contributed by atoms with van der Waals surface area (Å²) in [7, 11) is -3.58. The molecule has 0 radical (unpaired) electrons. The molecule has 70 heavy (non-hydrogen) atoms. The van der Waals surface area contributed by atoms with Gasteiger partial charge in [-0.2, -0.15) is 0 Å². The zero-order valence-electron chi connectivity index (χ0n) is 39.7. The minimum absolute atomic E-state index is 0.0528. The molecule has 0 saturated carbocycles. The van der Waals surface area contributed by atoms with E-state index < -0.39 is 51.4 Å². The summed E-state index contributed by atoms with van der Waals surface area (Å²) < 4.78 is 101. The molecule has 2 aliphatic rings. The standard InChI is InChI=1S/C58H48F4O6P2/c1-33-19-34(2)24-43(23-33)69(44-25-35(3)20-36(4)26-44)49-31-47(63-41-15-11-9-12-16-41)53-55(67-57(59,60)65-53)51(49)52-50(32-48(64-42-17-13-10-14-18-42)54-56(52)68-58(61,62)66-54)70(45-27-37(5)21-38(6)28-45)46-29-39(7)22-40(8)30-46/h9-32H,1-8H3. The van der Waals surface area contributed by atoms with Gasteiger partial charge in [-0.25, -0.2) is 0 Å². The SMILES string of the molecule is Cc1cc(C)cc(P(c2cc(C)cc(C)c2)c2cc(Oc3ccccc3)c3c(c2-c2c(P(c4cc(C)cc(C)c4)c4cc(C)cc(C)c4)cc(Oc4ccccc4)c4c2OC(F)(F)O4)OC(F)(F)O3)c1. The summed E-state index contributed by atoms with van der Waals surface area (Å²) in [6, 6.07) is 45.7. The second kappa shape index (κ2) is 18.1. The van der Waals surface area contributed by atoms with Gasteiger partial charge in [-0.3, -0.25) is 0 Å². The topological polar surface area (TPSA) is 55.4 Å². The Balaban J connectivity index is 1.42. The molecule has 0 aliphatic carbocycles. The number of halogens is 4. The molecule has 0 saturated heterocycles. The van der Waals surface area contributed by atoms with Crippen LogP contribution in [-0.2, 0) is 0 Å². The van der Waals surface area contributed by atoms with Crippen LogP contribution in [0, 0.1) is 55.4 Å². The van der Waals surface area contributed by atoms with Gasteiger partial charge in [0.1, 0.15) is 11.5 Å². The quantitative estimate of drug-likeness (QED) is 0.0951. The molecule has 10 rings (SSSR count). The first-order chi connectivity index (χ1) is 33.4. The minimum Gasteiger partial charge on any atom is -0.453 e. The van der Waals surface area contributed by atoms with Gasteiger partial charge >= 0.3 is 12.6 Å². The number of aryl methyl sites for hydroxylation is 8. The number of rotatable bonds is 11. The third-order valence-electron chi connectivity index (χ3n) is 11.8. The van der Waals surface area contributed by atoms with E-state index in [0.717, 1.165) is 65.7 Å². The summed E-state index contributed by atoms with van der Waals surface area (Å²) in [5, 5.41) is 4.36. The molecule has 0 N–H and O–H groups in total. The van der Waals surface area contributed by atoms with Gasteiger partial charge in [-0.05, 0) is 129 Å². The van der Waals surface area contributed by atoms with Gasteiger partial charge in [0.15, 0.2) is 23.0 Å². The number of ether oxygens (including phenoxy) is 6. The molecule has 0 unspecified atom stereocenters. The second-order valence-electron chi connectivity index (χ2n) is 18.1. The molecule has 6 nitrogen and oxygen atoms in total. The average molecular weight is 979 g/mol. The van der Waals surface area contributed by atoms with Crippen molar-refractivity contribution in [2.75, 3.05) is 0 Å². The van der Waals surface area contributed by atoms with Crippen LogP contribution in [0.25, 0.3) is 11.1 Å². The van der Waals surface area contributed by atoms with Crippen molar-refractivity contribution in [2.24, 2.45) is 0 Å². The summed E-state index contributed by atoms with van der Waals surface area (Å²) in [4.78, 5) is 0. The highest BCUT2D eigenvalue weighted by Crippen LogP contribution is 2.61. The number of hydrogen-bond donors (Lipinski definition) is 0. The van der Waals surface area contributed by atoms with E-state index in [9.17, 15) is 0 Å². The highest BCUT2D eigenvalue weighted by molar-refractivity contribution is 7.80. The third-order valence-corrected chi connectivity index (χ3v) is 16.5. The number of alkyl halides is 4. The van der Waals surface area contributed by atoms with Gasteiger partial charge in [0.25, 0.3) is 0 Å². The zero-order chi connectivity index (χ0) is 49.2. The van der Waals surface area contributed by atoms with Crippen LogP contribution in [0.15, 0.2) is 146 Å². The largest absolute Gasteiger partial charge is 0.586 e. The minimum atomic E-state index is -4.21. The Bertz CT molecular complexity index is 2940. The fourth-order valence-corrected chi connectivity index (χ4v) is 15.2. The van der Waals surface area contributed by atoms with Crippen LogP contribution in [0.5, 0.6) is 46.0 Å². The molecule has 8 aromatic carbocycles. The highest BCUT2D eigenvalue weighted by atomic mass is 31.1. The summed E-state index contributed by atoms with van der Waals surface area (Å²) in [6.07, 6.45) is -8.42. The number of benzene rings is 8. The van der Waals surface area contributed by atoms with E-state index in [4.69, 9.17) is 28.4 Å². The van der Waals surface area contributed by atoms with Crippen LogP contribution in [0.4, 0.5) is 17.6 Å². The first-order valence-electron chi connectivity index (χ1n) is 22.7. The molecule has 8 aromatic rings. The zero-order valence-corrected chi connectivity index (χ0v) is 41.5. The highest BCUT2D eigenvalue weighted by Gasteiger charge is 2.52. The normalized spacial score (nSPS) is 14.1. The lowest BCUT2D eigenvalue weighted by atomic mass is 10.0. The van der Waals surface area contributed by atoms with E-state index in [1.54, 1.807) is 60.7 Å². The Morgan fingerprint density at radius 2 is 0.600 bits per heavy atom. The van der Waals surface area contributed by atoms with Crippen molar-refractivity contribution in [3.8, 4) is 57.1 Å². The van der Waals surface area contributed by atoms with Crippen molar-refractivity contribution >= 4 is 47.7 Å².